The van der Waals surface area contributed by atoms with Crippen LogP contribution in [0.3, 0.4) is 0 Å². The maximum atomic E-state index is 14.1. The van der Waals surface area contributed by atoms with E-state index in [-0.39, 0.29) is 41.9 Å². The number of hydrogen-bond acceptors (Lipinski definition) is 5. The molecule has 1 aliphatic heterocycles. The molecule has 0 spiro atoms. The van der Waals surface area contributed by atoms with Gasteiger partial charge in [0.05, 0.1) is 5.75 Å². The zero-order valence-corrected chi connectivity index (χ0v) is 21.8. The molecule has 0 bridgehead atoms. The Hall–Kier alpha value is -3.24. The molecule has 0 aromatic heterocycles. The van der Waals surface area contributed by atoms with Gasteiger partial charge in [-0.3, -0.25) is 15.0 Å². The average Bonchev–Trinajstić information content (AvgIpc) is 3.30. The van der Waals surface area contributed by atoms with E-state index < -0.39 is 22.1 Å². The standard InChI is InChI=1S/C27H35N5O4S/c1-2-37(35,36)31-24(19-8-4-3-5-9-19)27(34)32-22-11-7-6-10-21(22)16-23(32)26(33)30-17-18-12-14-20(15-13-18)25(28)29/h3-5,8-9,12-15,21-24,31H,2,6-7,10-11,16-17H2,1H3,(H3,28,29)(H,30,33)/t21-,22-,23-,24+/m0/s1. The van der Waals surface area contributed by atoms with Gasteiger partial charge in [-0.2, -0.15) is 4.72 Å². The second-order valence-electron chi connectivity index (χ2n) is 9.80. The summed E-state index contributed by atoms with van der Waals surface area (Å²) >= 11 is 0. The van der Waals surface area contributed by atoms with Crippen LogP contribution in [0.2, 0.25) is 0 Å². The number of carbonyl (C=O) groups is 2. The first-order valence-electron chi connectivity index (χ1n) is 12.8. The minimum atomic E-state index is -3.69. The normalized spacial score (nSPS) is 22.2. The fraction of sp³-hybridized carbons (Fsp3) is 0.444. The number of hydrogen-bond donors (Lipinski definition) is 4. The summed E-state index contributed by atoms with van der Waals surface area (Å²) in [5, 5.41) is 10.5. The van der Waals surface area contributed by atoms with Gasteiger partial charge in [-0.1, -0.05) is 67.4 Å². The third-order valence-electron chi connectivity index (χ3n) is 7.43. The Balaban J connectivity index is 1.58. The molecule has 2 aromatic carbocycles. The van der Waals surface area contributed by atoms with E-state index in [1.54, 1.807) is 53.4 Å². The van der Waals surface area contributed by atoms with Crippen LogP contribution >= 0.6 is 0 Å². The molecule has 1 heterocycles. The molecule has 0 radical (unpaired) electrons. The largest absolute Gasteiger partial charge is 0.384 e. The van der Waals surface area contributed by atoms with E-state index in [9.17, 15) is 18.0 Å². The van der Waals surface area contributed by atoms with Gasteiger partial charge in [-0.05, 0) is 43.2 Å². The van der Waals surface area contributed by atoms with E-state index >= 15 is 0 Å². The van der Waals surface area contributed by atoms with Crippen molar-refractivity contribution in [2.24, 2.45) is 11.7 Å². The number of likely N-dealkylation sites (tertiary alicyclic amines) is 1. The Bertz CT molecular complexity index is 1230. The zero-order chi connectivity index (χ0) is 26.6. The van der Waals surface area contributed by atoms with Crippen molar-refractivity contribution in [3.05, 3.63) is 71.3 Å². The Kier molecular flexibility index (Phi) is 8.29. The molecule has 10 heteroatoms. The maximum Gasteiger partial charge on any atom is 0.246 e. The molecule has 1 aliphatic carbocycles. The molecule has 5 N–H and O–H groups in total. The summed E-state index contributed by atoms with van der Waals surface area (Å²) in [7, 11) is -3.69. The lowest BCUT2D eigenvalue weighted by molar-refractivity contribution is -0.142. The van der Waals surface area contributed by atoms with Crippen LogP contribution in [0.5, 0.6) is 0 Å². The molecular weight excluding hydrogens is 490 g/mol. The van der Waals surface area contributed by atoms with Crippen LogP contribution in [0.4, 0.5) is 0 Å². The van der Waals surface area contributed by atoms with Crippen molar-refractivity contribution < 1.29 is 18.0 Å². The van der Waals surface area contributed by atoms with Crippen LogP contribution in [0.25, 0.3) is 0 Å². The molecule has 0 unspecified atom stereocenters. The Morgan fingerprint density at radius 1 is 1.08 bits per heavy atom. The molecule has 198 valence electrons. The highest BCUT2D eigenvalue weighted by Gasteiger charge is 2.49. The van der Waals surface area contributed by atoms with E-state index in [0.29, 0.717) is 17.5 Å². The first kappa shape index (κ1) is 26.8. The average molecular weight is 526 g/mol. The van der Waals surface area contributed by atoms with Crippen molar-refractivity contribution in [2.45, 2.75) is 63.7 Å². The molecule has 4 rings (SSSR count). The van der Waals surface area contributed by atoms with Crippen LogP contribution < -0.4 is 15.8 Å². The van der Waals surface area contributed by atoms with Crippen LogP contribution in [0.15, 0.2) is 54.6 Å². The molecule has 1 saturated heterocycles. The van der Waals surface area contributed by atoms with Gasteiger partial charge in [0.25, 0.3) is 0 Å². The van der Waals surface area contributed by atoms with Crippen molar-refractivity contribution in [2.75, 3.05) is 5.75 Å². The monoisotopic (exact) mass is 525 g/mol. The minimum absolute atomic E-state index is 0.0232. The Labute approximate surface area is 218 Å². The van der Waals surface area contributed by atoms with E-state index in [0.717, 1.165) is 31.2 Å². The number of fused-ring (bicyclic) bond motifs is 1. The topological polar surface area (TPSA) is 145 Å². The van der Waals surface area contributed by atoms with Crippen molar-refractivity contribution in [3.63, 3.8) is 0 Å². The molecule has 4 atom stereocenters. The number of benzene rings is 2. The molecular formula is C27H35N5O4S. The molecule has 2 aromatic rings. The van der Waals surface area contributed by atoms with E-state index in [2.05, 4.69) is 10.0 Å². The second-order valence-corrected chi connectivity index (χ2v) is 11.8. The van der Waals surface area contributed by atoms with Gasteiger partial charge in [0.2, 0.25) is 21.8 Å². The molecule has 9 nitrogen and oxygen atoms in total. The fourth-order valence-electron chi connectivity index (χ4n) is 5.44. The van der Waals surface area contributed by atoms with Crippen molar-refractivity contribution in [1.29, 1.82) is 5.41 Å². The van der Waals surface area contributed by atoms with Crippen LogP contribution in [-0.4, -0.2) is 48.8 Å². The maximum absolute atomic E-state index is 14.1. The summed E-state index contributed by atoms with van der Waals surface area (Å²) in [4.78, 5) is 29.2. The SMILES string of the molecule is CCS(=O)(=O)N[C@@H](C(=O)N1[C@H](C(=O)NCc2ccc(C(=N)N)cc2)C[C@@H]2CCCC[C@@H]21)c1ccccc1. The molecule has 2 aliphatic rings. The summed E-state index contributed by atoms with van der Waals surface area (Å²) in [6.07, 6.45) is 4.34. The van der Waals surface area contributed by atoms with Gasteiger partial charge in [0.15, 0.2) is 0 Å². The third-order valence-corrected chi connectivity index (χ3v) is 8.79. The molecule has 2 amide bonds. The fourth-order valence-corrected chi connectivity index (χ4v) is 6.20. The van der Waals surface area contributed by atoms with Crippen LogP contribution in [0, 0.1) is 11.3 Å². The van der Waals surface area contributed by atoms with Gasteiger partial charge in [0.1, 0.15) is 17.9 Å². The summed E-state index contributed by atoms with van der Waals surface area (Å²) in [6.45, 7) is 1.80. The number of carbonyl (C=O) groups excluding carboxylic acids is 2. The lowest BCUT2D eigenvalue weighted by atomic mass is 9.84. The summed E-state index contributed by atoms with van der Waals surface area (Å²) in [5.41, 5.74) is 7.52. The molecule has 37 heavy (non-hydrogen) atoms. The highest BCUT2D eigenvalue weighted by molar-refractivity contribution is 7.89. The highest BCUT2D eigenvalue weighted by Crippen LogP contribution is 2.41. The summed E-state index contributed by atoms with van der Waals surface area (Å²) < 4.78 is 27.7. The Morgan fingerprint density at radius 2 is 1.76 bits per heavy atom. The van der Waals surface area contributed by atoms with Crippen molar-refractivity contribution in [3.8, 4) is 0 Å². The van der Waals surface area contributed by atoms with Crippen molar-refractivity contribution in [1.82, 2.24) is 14.9 Å². The number of nitrogens with zero attached hydrogens (tertiary/aromatic N) is 1. The number of amidine groups is 1. The molecule has 2 fully saturated rings. The number of nitrogens with one attached hydrogen (secondary N) is 3. The first-order valence-corrected chi connectivity index (χ1v) is 14.4. The van der Waals surface area contributed by atoms with E-state index in [1.165, 1.54) is 6.92 Å². The summed E-state index contributed by atoms with van der Waals surface area (Å²) in [6, 6.07) is 14.0. The zero-order valence-electron chi connectivity index (χ0n) is 21.0. The third kappa shape index (κ3) is 6.19. The molecule has 1 saturated carbocycles. The van der Waals surface area contributed by atoms with Crippen LogP contribution in [-0.2, 0) is 26.2 Å². The highest BCUT2D eigenvalue weighted by atomic mass is 32.2. The van der Waals surface area contributed by atoms with Gasteiger partial charge < -0.3 is 16.0 Å². The lowest BCUT2D eigenvalue weighted by Crippen LogP contribution is -2.53. The first-order chi connectivity index (χ1) is 17.7. The number of rotatable bonds is 9. The van der Waals surface area contributed by atoms with Crippen LogP contribution in [0.1, 0.15) is 61.8 Å². The number of sulfonamides is 1. The minimum Gasteiger partial charge on any atom is -0.384 e. The smallest absolute Gasteiger partial charge is 0.246 e. The van der Waals surface area contributed by atoms with Gasteiger partial charge in [-0.25, -0.2) is 8.42 Å². The Morgan fingerprint density at radius 3 is 2.41 bits per heavy atom. The quantitative estimate of drug-likeness (QED) is 0.293. The number of amides is 2. The lowest BCUT2D eigenvalue weighted by Gasteiger charge is -2.36. The van der Waals surface area contributed by atoms with Crippen molar-refractivity contribution >= 4 is 27.7 Å². The summed E-state index contributed by atoms with van der Waals surface area (Å²) in [5.74, 6) is -0.596. The van der Waals surface area contributed by atoms with Gasteiger partial charge in [0, 0.05) is 18.2 Å². The predicted octanol–water partition coefficient (Wildman–Crippen LogP) is 2.43. The van der Waals surface area contributed by atoms with E-state index in [4.69, 9.17) is 11.1 Å². The predicted molar refractivity (Wildman–Crippen MR) is 142 cm³/mol. The second kappa shape index (κ2) is 11.4. The van der Waals surface area contributed by atoms with Gasteiger partial charge in [-0.15, -0.1) is 0 Å². The number of nitrogen functional groups attached to an aromatic ring is 1. The van der Waals surface area contributed by atoms with E-state index in [1.807, 2.05) is 6.07 Å². The number of nitrogens with two attached hydrogens (primary N) is 1. The van der Waals surface area contributed by atoms with Gasteiger partial charge >= 0.3 is 0 Å².